The summed E-state index contributed by atoms with van der Waals surface area (Å²) >= 11 is 7.04. The summed E-state index contributed by atoms with van der Waals surface area (Å²) in [5.74, 6) is -0.178. The molecule has 1 aliphatic heterocycles. The fraction of sp³-hybridized carbons (Fsp3) is 0.314. The number of carbonyl (C=O) groups is 2. The quantitative estimate of drug-likeness (QED) is 0.132. The number of halogens is 1. The molecule has 234 valence electrons. The highest BCUT2D eigenvalue weighted by Crippen LogP contribution is 2.38. The topological polar surface area (TPSA) is 128 Å². The number of hydrogen-bond acceptors (Lipinski definition) is 7. The Bertz CT molecular complexity index is 1660. The molecule has 45 heavy (non-hydrogen) atoms. The average Bonchev–Trinajstić information content (AvgIpc) is 3.47. The lowest BCUT2D eigenvalue weighted by Crippen LogP contribution is -2.35. The number of nitrogens with one attached hydrogen (secondary N) is 4. The van der Waals surface area contributed by atoms with Gasteiger partial charge in [-0.25, -0.2) is 0 Å². The molecule has 1 saturated heterocycles. The van der Waals surface area contributed by atoms with Crippen molar-refractivity contribution in [2.75, 3.05) is 25.0 Å². The van der Waals surface area contributed by atoms with Crippen LogP contribution < -0.4 is 21.3 Å². The molecule has 2 amide bonds. The molecule has 5 N–H and O–H groups in total. The summed E-state index contributed by atoms with van der Waals surface area (Å²) in [6.45, 7) is 6.68. The van der Waals surface area contributed by atoms with E-state index < -0.39 is 0 Å². The van der Waals surface area contributed by atoms with Gasteiger partial charge in [-0.15, -0.1) is 0 Å². The zero-order valence-corrected chi connectivity index (χ0v) is 26.4. The fourth-order valence-electron chi connectivity index (χ4n) is 5.56. The fourth-order valence-corrected chi connectivity index (χ4v) is 5.89. The molecular formula is C35H39ClN6O3. The van der Waals surface area contributed by atoms with Gasteiger partial charge in [-0.2, -0.15) is 0 Å². The smallest absolute Gasteiger partial charge is 0.274 e. The van der Waals surface area contributed by atoms with Crippen LogP contribution in [0.4, 0.5) is 5.69 Å². The molecule has 0 aliphatic carbocycles. The van der Waals surface area contributed by atoms with Gasteiger partial charge in [-0.05, 0) is 71.8 Å². The number of nitrogens with zero attached hydrogens (tertiary/aromatic N) is 2. The number of anilines is 1. The Morgan fingerprint density at radius 3 is 2.64 bits per heavy atom. The van der Waals surface area contributed by atoms with Gasteiger partial charge in [0.15, 0.2) is 0 Å². The Morgan fingerprint density at radius 1 is 1.04 bits per heavy atom. The summed E-state index contributed by atoms with van der Waals surface area (Å²) < 4.78 is 0. The number of aryl methyl sites for hydroxylation is 1. The molecule has 2 aromatic carbocycles. The Kier molecular flexibility index (Phi) is 10.9. The van der Waals surface area contributed by atoms with E-state index in [1.165, 1.54) is 11.1 Å². The van der Waals surface area contributed by atoms with E-state index in [-0.39, 0.29) is 24.5 Å². The van der Waals surface area contributed by atoms with Crippen molar-refractivity contribution in [2.24, 2.45) is 0 Å². The number of aliphatic hydroxyl groups is 1. The minimum atomic E-state index is -0.304. The summed E-state index contributed by atoms with van der Waals surface area (Å²) in [5.41, 5.74) is 8.57. The summed E-state index contributed by atoms with van der Waals surface area (Å²) in [6, 6.07) is 17.7. The number of carbonyl (C=O) groups excluding carboxylic acids is 2. The second-order valence-electron chi connectivity index (χ2n) is 11.2. The lowest BCUT2D eigenvalue weighted by Gasteiger charge is -2.16. The van der Waals surface area contributed by atoms with Crippen molar-refractivity contribution in [1.29, 1.82) is 0 Å². The van der Waals surface area contributed by atoms with Crippen molar-refractivity contribution in [1.82, 2.24) is 25.9 Å². The predicted molar refractivity (Wildman–Crippen MR) is 178 cm³/mol. The van der Waals surface area contributed by atoms with Crippen LogP contribution in [0.25, 0.3) is 22.4 Å². The van der Waals surface area contributed by atoms with E-state index in [4.69, 9.17) is 16.7 Å². The lowest BCUT2D eigenvalue weighted by atomic mass is 9.96. The Morgan fingerprint density at radius 2 is 1.91 bits per heavy atom. The molecule has 1 unspecified atom stereocenters. The van der Waals surface area contributed by atoms with E-state index in [1.54, 1.807) is 18.5 Å². The Labute approximate surface area is 268 Å². The highest BCUT2D eigenvalue weighted by Gasteiger charge is 2.20. The minimum Gasteiger partial charge on any atom is -0.395 e. The number of rotatable bonds is 13. The molecule has 0 radical (unpaired) electrons. The first kappa shape index (κ1) is 32.2. The molecule has 1 fully saturated rings. The maximum atomic E-state index is 13.0. The lowest BCUT2D eigenvalue weighted by molar-refractivity contribution is -0.119. The standard InChI is InChI=1S/C35H39ClN6O3/c1-3-24-17-25(8-9-26(24)20-38-21-27-10-12-32(44)41-27)34-33(36)29(13-14-39-34)28-5-4-6-30(22(28)2)42-35(45)31-11-7-23(19-40-31)18-37-15-16-43/h4-9,11,13-14,17,19,27,37-38,43H,3,10,12,15-16,18,20-21H2,1-2H3,(H,41,44)(H,42,45). The van der Waals surface area contributed by atoms with Crippen LogP contribution in [-0.2, 0) is 24.3 Å². The molecule has 9 nitrogen and oxygen atoms in total. The van der Waals surface area contributed by atoms with Gasteiger partial charge in [0.25, 0.3) is 5.91 Å². The third-order valence-electron chi connectivity index (χ3n) is 8.09. The van der Waals surface area contributed by atoms with Crippen molar-refractivity contribution in [2.45, 2.75) is 52.2 Å². The van der Waals surface area contributed by atoms with Gasteiger partial charge in [0.1, 0.15) is 5.69 Å². The largest absolute Gasteiger partial charge is 0.395 e. The summed E-state index contributed by atoms with van der Waals surface area (Å²) in [5, 5.41) is 22.1. The first-order valence-corrected chi connectivity index (χ1v) is 15.7. The minimum absolute atomic E-state index is 0.0635. The third-order valence-corrected chi connectivity index (χ3v) is 8.47. The maximum absolute atomic E-state index is 13.0. The van der Waals surface area contributed by atoms with Crippen LogP contribution in [0.15, 0.2) is 67.0 Å². The summed E-state index contributed by atoms with van der Waals surface area (Å²) in [4.78, 5) is 33.5. The zero-order chi connectivity index (χ0) is 31.8. The Balaban J connectivity index is 1.32. The first-order chi connectivity index (χ1) is 21.9. The van der Waals surface area contributed by atoms with E-state index in [0.717, 1.165) is 53.7 Å². The van der Waals surface area contributed by atoms with Crippen molar-refractivity contribution in [3.8, 4) is 22.4 Å². The molecule has 2 aromatic heterocycles. The molecular weight excluding hydrogens is 588 g/mol. The van der Waals surface area contributed by atoms with E-state index >= 15 is 0 Å². The predicted octanol–water partition coefficient (Wildman–Crippen LogP) is 5.04. The first-order valence-electron chi connectivity index (χ1n) is 15.3. The van der Waals surface area contributed by atoms with Crippen LogP contribution in [0.2, 0.25) is 5.02 Å². The van der Waals surface area contributed by atoms with Gasteiger partial charge in [0.05, 0.1) is 17.3 Å². The molecule has 4 aromatic rings. The van der Waals surface area contributed by atoms with Gasteiger partial charge < -0.3 is 26.4 Å². The molecule has 1 aliphatic rings. The van der Waals surface area contributed by atoms with E-state index in [0.29, 0.717) is 41.6 Å². The number of amides is 2. The van der Waals surface area contributed by atoms with E-state index in [1.807, 2.05) is 37.3 Å². The molecule has 0 saturated carbocycles. The SMILES string of the molecule is CCc1cc(-c2nccc(-c3cccc(NC(=O)c4ccc(CNCCO)cn4)c3C)c2Cl)ccc1CNCC1CCC(=O)N1. The number of hydrogen-bond donors (Lipinski definition) is 5. The monoisotopic (exact) mass is 626 g/mol. The van der Waals surface area contributed by atoms with Gasteiger partial charge in [0, 0.05) is 67.8 Å². The number of aliphatic hydroxyl groups excluding tert-OH is 1. The van der Waals surface area contributed by atoms with Crippen LogP contribution in [0.1, 0.15) is 52.5 Å². The van der Waals surface area contributed by atoms with Crippen molar-refractivity contribution >= 4 is 29.1 Å². The number of pyridine rings is 2. The molecule has 10 heteroatoms. The molecule has 1 atom stereocenters. The van der Waals surface area contributed by atoms with E-state index in [9.17, 15) is 9.59 Å². The zero-order valence-electron chi connectivity index (χ0n) is 25.6. The van der Waals surface area contributed by atoms with Gasteiger partial charge in [0.2, 0.25) is 5.91 Å². The molecule has 0 spiro atoms. The second kappa shape index (κ2) is 15.2. The van der Waals surface area contributed by atoms with Crippen LogP contribution in [0.3, 0.4) is 0 Å². The van der Waals surface area contributed by atoms with Crippen molar-refractivity contribution in [3.05, 3.63) is 100.0 Å². The summed E-state index contributed by atoms with van der Waals surface area (Å²) in [6.07, 6.45) is 5.76. The number of aromatic nitrogens is 2. The summed E-state index contributed by atoms with van der Waals surface area (Å²) in [7, 11) is 0. The van der Waals surface area contributed by atoms with Crippen LogP contribution >= 0.6 is 11.6 Å². The Hall–Kier alpha value is -4.15. The van der Waals surface area contributed by atoms with Gasteiger partial charge >= 0.3 is 0 Å². The molecule has 3 heterocycles. The van der Waals surface area contributed by atoms with Crippen LogP contribution in [-0.4, -0.2) is 52.6 Å². The normalized spacial score (nSPS) is 14.4. The van der Waals surface area contributed by atoms with Crippen LogP contribution in [0, 0.1) is 6.92 Å². The average molecular weight is 627 g/mol. The van der Waals surface area contributed by atoms with Gasteiger partial charge in [-0.3, -0.25) is 19.6 Å². The second-order valence-corrected chi connectivity index (χ2v) is 11.6. The van der Waals surface area contributed by atoms with Crippen molar-refractivity contribution in [3.63, 3.8) is 0 Å². The maximum Gasteiger partial charge on any atom is 0.274 e. The highest BCUT2D eigenvalue weighted by atomic mass is 35.5. The number of benzene rings is 2. The molecule has 5 rings (SSSR count). The van der Waals surface area contributed by atoms with Crippen molar-refractivity contribution < 1.29 is 14.7 Å². The van der Waals surface area contributed by atoms with Gasteiger partial charge in [-0.1, -0.05) is 48.9 Å². The third kappa shape index (κ3) is 7.93. The highest BCUT2D eigenvalue weighted by molar-refractivity contribution is 6.35. The molecule has 0 bridgehead atoms. The van der Waals surface area contributed by atoms with Crippen LogP contribution in [0.5, 0.6) is 0 Å². The van der Waals surface area contributed by atoms with E-state index in [2.05, 4.69) is 56.4 Å².